The first-order valence-corrected chi connectivity index (χ1v) is 14.8. The smallest absolute Gasteiger partial charge is 0.310 e. The van der Waals surface area contributed by atoms with Gasteiger partial charge in [-0.15, -0.1) is 0 Å². The molecule has 1 amide bonds. The molecule has 206 valence electrons. The Morgan fingerprint density at radius 2 is 1.92 bits per heavy atom. The van der Waals surface area contributed by atoms with Crippen LogP contribution in [0.4, 0.5) is 5.82 Å². The number of amides is 1. The molecule has 3 heterocycles. The van der Waals surface area contributed by atoms with Gasteiger partial charge in [-0.05, 0) is 44.7 Å². The number of esters is 1. The van der Waals surface area contributed by atoms with Gasteiger partial charge in [0.2, 0.25) is 0 Å². The molecule has 2 aliphatic rings. The highest BCUT2D eigenvalue weighted by molar-refractivity contribution is 8.26. The number of thioether (sulfide) groups is 1. The van der Waals surface area contributed by atoms with Crippen molar-refractivity contribution in [1.29, 1.82) is 5.26 Å². The van der Waals surface area contributed by atoms with Crippen LogP contribution in [0.15, 0.2) is 9.70 Å². The Balaban J connectivity index is 1.93. The molecule has 0 aromatic carbocycles. The van der Waals surface area contributed by atoms with Gasteiger partial charge in [-0.1, -0.05) is 63.0 Å². The lowest BCUT2D eigenvalue weighted by molar-refractivity contribution is -0.148. The largest absolute Gasteiger partial charge is 0.466 e. The van der Waals surface area contributed by atoms with Gasteiger partial charge >= 0.3 is 5.97 Å². The van der Waals surface area contributed by atoms with Crippen LogP contribution in [-0.2, 0) is 21.4 Å². The van der Waals surface area contributed by atoms with Crippen LogP contribution in [0, 0.1) is 24.2 Å². The van der Waals surface area contributed by atoms with E-state index in [0.29, 0.717) is 58.8 Å². The molecule has 3 rings (SSSR count). The zero-order valence-corrected chi connectivity index (χ0v) is 24.5. The second-order valence-corrected chi connectivity index (χ2v) is 11.5. The van der Waals surface area contributed by atoms with Gasteiger partial charge < -0.3 is 9.64 Å². The third-order valence-electron chi connectivity index (χ3n) is 7.19. The molecule has 0 saturated carbocycles. The number of ether oxygens (including phenoxy) is 1. The van der Waals surface area contributed by atoms with Crippen LogP contribution in [0.25, 0.3) is 6.08 Å². The van der Waals surface area contributed by atoms with Crippen molar-refractivity contribution in [3.8, 4) is 6.07 Å². The molecule has 1 unspecified atom stereocenters. The summed E-state index contributed by atoms with van der Waals surface area (Å²) in [6, 6.07) is 2.04. The zero-order valence-electron chi connectivity index (χ0n) is 22.9. The third kappa shape index (κ3) is 6.67. The number of carbonyl (C=O) groups is 2. The first-order chi connectivity index (χ1) is 18.2. The standard InChI is InChI=1S/C28H38N4O4S2/c1-5-7-8-9-10-11-15-32-26(34)23(38-28(32)37)16-21-19(3)22(17-29)25(33)30(4)24(21)31-14-12-13-20(18-31)27(35)36-6-2/h16,20H,5-15,18H2,1-4H3/b23-16+. The van der Waals surface area contributed by atoms with Crippen LogP contribution in [0.3, 0.4) is 0 Å². The van der Waals surface area contributed by atoms with Crippen molar-refractivity contribution in [2.75, 3.05) is 31.1 Å². The van der Waals surface area contributed by atoms with Gasteiger partial charge in [0.1, 0.15) is 21.8 Å². The molecule has 2 saturated heterocycles. The number of thiocarbonyl (C=S) groups is 1. The monoisotopic (exact) mass is 558 g/mol. The highest BCUT2D eigenvalue weighted by Crippen LogP contribution is 2.36. The lowest BCUT2D eigenvalue weighted by Crippen LogP contribution is -2.42. The van der Waals surface area contributed by atoms with E-state index in [9.17, 15) is 19.6 Å². The molecule has 0 N–H and O–H groups in total. The van der Waals surface area contributed by atoms with Crippen molar-refractivity contribution in [2.45, 2.75) is 72.1 Å². The molecule has 0 aliphatic carbocycles. The molecular formula is C28H38N4O4S2. The maximum atomic E-state index is 13.3. The molecule has 1 aromatic heterocycles. The van der Waals surface area contributed by atoms with E-state index >= 15 is 0 Å². The zero-order chi connectivity index (χ0) is 27.8. The number of nitrogens with zero attached hydrogens (tertiary/aromatic N) is 4. The Kier molecular flexibility index (Phi) is 11.0. The summed E-state index contributed by atoms with van der Waals surface area (Å²) in [6.07, 6.45) is 9.98. The van der Waals surface area contributed by atoms with E-state index in [1.165, 1.54) is 35.6 Å². The van der Waals surface area contributed by atoms with Crippen LogP contribution < -0.4 is 10.5 Å². The summed E-state index contributed by atoms with van der Waals surface area (Å²) in [7, 11) is 1.63. The average Bonchev–Trinajstić information content (AvgIpc) is 3.17. The fourth-order valence-electron chi connectivity index (χ4n) is 5.09. The number of rotatable bonds is 11. The topological polar surface area (TPSA) is 95.6 Å². The number of pyridine rings is 1. The molecule has 1 aromatic rings. The summed E-state index contributed by atoms with van der Waals surface area (Å²) in [4.78, 5) is 43.1. The van der Waals surface area contributed by atoms with E-state index in [1.807, 2.05) is 11.0 Å². The molecule has 38 heavy (non-hydrogen) atoms. The minimum atomic E-state index is -0.397. The molecule has 8 nitrogen and oxygen atoms in total. The second-order valence-electron chi connectivity index (χ2n) is 9.85. The van der Waals surface area contributed by atoms with Crippen molar-refractivity contribution in [3.63, 3.8) is 0 Å². The first kappa shape index (κ1) is 29.9. The summed E-state index contributed by atoms with van der Waals surface area (Å²) < 4.78 is 7.25. The molecule has 1 atom stereocenters. The van der Waals surface area contributed by atoms with Crippen molar-refractivity contribution in [3.05, 3.63) is 31.9 Å². The predicted octanol–water partition coefficient (Wildman–Crippen LogP) is 4.91. The Bertz CT molecular complexity index is 1200. The Labute approximate surface area is 235 Å². The molecule has 2 fully saturated rings. The summed E-state index contributed by atoms with van der Waals surface area (Å²) in [5.74, 6) is -0.0983. The van der Waals surface area contributed by atoms with Crippen molar-refractivity contribution < 1.29 is 14.3 Å². The summed E-state index contributed by atoms with van der Waals surface area (Å²) >= 11 is 6.80. The number of carbonyl (C=O) groups excluding carboxylic acids is 2. The van der Waals surface area contributed by atoms with E-state index in [0.717, 1.165) is 25.7 Å². The quantitative estimate of drug-likeness (QED) is 0.164. The number of hydrogen-bond acceptors (Lipinski definition) is 8. The van der Waals surface area contributed by atoms with Crippen LogP contribution in [-0.4, -0.2) is 51.9 Å². The average molecular weight is 559 g/mol. The summed E-state index contributed by atoms with van der Waals surface area (Å²) in [5, 5.41) is 9.73. The third-order valence-corrected chi connectivity index (χ3v) is 8.57. The van der Waals surface area contributed by atoms with E-state index in [4.69, 9.17) is 17.0 Å². The van der Waals surface area contributed by atoms with Crippen molar-refractivity contribution in [2.24, 2.45) is 13.0 Å². The van der Waals surface area contributed by atoms with Gasteiger partial charge in [0.05, 0.1) is 17.4 Å². The summed E-state index contributed by atoms with van der Waals surface area (Å²) in [5.41, 5.74) is 0.799. The fraction of sp³-hybridized carbons (Fsp3) is 0.607. The van der Waals surface area contributed by atoms with Crippen LogP contribution in [0.1, 0.15) is 81.9 Å². The first-order valence-electron chi connectivity index (χ1n) is 13.6. The number of nitriles is 1. The minimum Gasteiger partial charge on any atom is -0.466 e. The molecule has 0 bridgehead atoms. The number of aromatic nitrogens is 1. The number of unbranched alkanes of at least 4 members (excludes halogenated alkanes) is 5. The van der Waals surface area contributed by atoms with E-state index in [-0.39, 0.29) is 23.4 Å². The molecular weight excluding hydrogens is 520 g/mol. The van der Waals surface area contributed by atoms with Crippen LogP contribution in [0.5, 0.6) is 0 Å². The van der Waals surface area contributed by atoms with Gasteiger partial charge in [-0.25, -0.2) is 0 Å². The Hall–Kier alpha value is -2.64. The van der Waals surface area contributed by atoms with E-state index in [1.54, 1.807) is 31.9 Å². The Morgan fingerprint density at radius 3 is 2.61 bits per heavy atom. The summed E-state index contributed by atoms with van der Waals surface area (Å²) in [6.45, 7) is 7.66. The van der Waals surface area contributed by atoms with Gasteiger partial charge in [-0.3, -0.25) is 23.9 Å². The normalized spacial score (nSPS) is 18.8. The minimum absolute atomic E-state index is 0.0454. The number of hydrogen-bond donors (Lipinski definition) is 0. The molecule has 0 radical (unpaired) electrons. The predicted molar refractivity (Wildman–Crippen MR) is 156 cm³/mol. The fourth-order valence-corrected chi connectivity index (χ4v) is 6.38. The van der Waals surface area contributed by atoms with Gasteiger partial charge in [0.15, 0.2) is 0 Å². The molecule has 2 aliphatic heterocycles. The van der Waals surface area contributed by atoms with Gasteiger partial charge in [0.25, 0.3) is 11.5 Å². The highest BCUT2D eigenvalue weighted by Gasteiger charge is 2.34. The van der Waals surface area contributed by atoms with E-state index < -0.39 is 5.56 Å². The maximum absolute atomic E-state index is 13.3. The molecule has 10 heteroatoms. The van der Waals surface area contributed by atoms with Crippen molar-refractivity contribution in [1.82, 2.24) is 9.47 Å². The Morgan fingerprint density at radius 1 is 1.21 bits per heavy atom. The lowest BCUT2D eigenvalue weighted by atomic mass is 9.96. The number of piperidine rings is 1. The lowest BCUT2D eigenvalue weighted by Gasteiger charge is -2.35. The van der Waals surface area contributed by atoms with Gasteiger partial charge in [-0.2, -0.15) is 5.26 Å². The molecule has 0 spiro atoms. The maximum Gasteiger partial charge on any atom is 0.310 e. The van der Waals surface area contributed by atoms with E-state index in [2.05, 4.69) is 6.92 Å². The van der Waals surface area contributed by atoms with Crippen LogP contribution in [0.2, 0.25) is 0 Å². The highest BCUT2D eigenvalue weighted by atomic mass is 32.2. The SMILES string of the molecule is CCCCCCCCN1C(=O)/C(=C\c2c(C)c(C#N)c(=O)n(C)c2N2CCCC(C(=O)OCC)C2)SC1=S. The number of anilines is 1. The second kappa shape index (κ2) is 13.9. The van der Waals surface area contributed by atoms with Gasteiger partial charge in [0, 0.05) is 32.2 Å². The van der Waals surface area contributed by atoms with Crippen molar-refractivity contribution >= 4 is 52.1 Å². The van der Waals surface area contributed by atoms with Crippen LogP contribution >= 0.6 is 24.0 Å².